The van der Waals surface area contributed by atoms with Crippen LogP contribution in [0.3, 0.4) is 0 Å². The normalized spacial score (nSPS) is 7.80. The first-order chi connectivity index (χ1) is 8.57. The van der Waals surface area contributed by atoms with Crippen LogP contribution >= 0.6 is 23.2 Å². The Balaban J connectivity index is -0.000000232. The maximum absolute atomic E-state index is 9.60. The number of hydrogen-bond donors (Lipinski definition) is 2. The number of carboxylic acid groups (broad SMARTS) is 2. The van der Waals surface area contributed by atoms with Crippen molar-refractivity contribution in [1.82, 2.24) is 0 Å². The Hall–Kier alpha value is -1.10. The monoisotopic (exact) mass is 371 g/mol. The largest absolute Gasteiger partial charge is 0.550 e. The fourth-order valence-electron chi connectivity index (χ4n) is 0.481. The third-order valence-electron chi connectivity index (χ3n) is 1.27. The molecule has 0 radical (unpaired) electrons. The number of aromatic hydroxyl groups is 1. The molecule has 1 aromatic carbocycles. The first kappa shape index (κ1) is 24.0. The SMILES string of the molecule is C=C(C)C(=O)O.CC(=O)[O-].Oc1ccc(Cl)cc1Cl.[Zn]. The van der Waals surface area contributed by atoms with Gasteiger partial charge in [0.1, 0.15) is 5.75 Å². The van der Waals surface area contributed by atoms with Crippen molar-refractivity contribution in [3.05, 3.63) is 40.4 Å². The van der Waals surface area contributed by atoms with Gasteiger partial charge in [0.2, 0.25) is 0 Å². The summed E-state index contributed by atoms with van der Waals surface area (Å²) < 4.78 is 0. The van der Waals surface area contributed by atoms with Gasteiger partial charge in [-0.2, -0.15) is 0 Å². The molecular formula is C12H13Cl2O5Zn-. The number of carbonyl (C=O) groups excluding carboxylic acids is 1. The molecule has 0 saturated carbocycles. The molecule has 0 saturated heterocycles. The molecule has 0 aliphatic rings. The van der Waals surface area contributed by atoms with Crippen molar-refractivity contribution in [3.63, 3.8) is 0 Å². The van der Waals surface area contributed by atoms with E-state index in [2.05, 4.69) is 6.58 Å². The summed E-state index contributed by atoms with van der Waals surface area (Å²) >= 11 is 11.0. The van der Waals surface area contributed by atoms with E-state index in [9.17, 15) is 4.79 Å². The van der Waals surface area contributed by atoms with Gasteiger partial charge in [0.15, 0.2) is 0 Å². The van der Waals surface area contributed by atoms with Gasteiger partial charge < -0.3 is 20.1 Å². The molecule has 5 nitrogen and oxygen atoms in total. The fourth-order valence-corrected chi connectivity index (χ4v) is 0.890. The number of aliphatic carboxylic acids is 2. The van der Waals surface area contributed by atoms with Crippen molar-refractivity contribution in [2.75, 3.05) is 0 Å². The maximum Gasteiger partial charge on any atom is 0.330 e. The van der Waals surface area contributed by atoms with E-state index >= 15 is 0 Å². The van der Waals surface area contributed by atoms with Crippen molar-refractivity contribution in [2.24, 2.45) is 0 Å². The average Bonchev–Trinajstić information content (AvgIpc) is 2.24. The minimum absolute atomic E-state index is 0. The van der Waals surface area contributed by atoms with Crippen LogP contribution in [0.1, 0.15) is 13.8 Å². The molecular weight excluding hydrogens is 360 g/mol. The third kappa shape index (κ3) is 16.9. The zero-order chi connectivity index (χ0) is 15.6. The molecule has 108 valence electrons. The van der Waals surface area contributed by atoms with Crippen LogP contribution < -0.4 is 5.11 Å². The summed E-state index contributed by atoms with van der Waals surface area (Å²) in [5, 5.41) is 26.4. The number of carbonyl (C=O) groups is 2. The van der Waals surface area contributed by atoms with Crippen LogP contribution in [0.4, 0.5) is 0 Å². The average molecular weight is 374 g/mol. The van der Waals surface area contributed by atoms with E-state index in [1.165, 1.54) is 19.1 Å². The molecule has 0 aliphatic carbocycles. The van der Waals surface area contributed by atoms with Crippen LogP contribution in [0.15, 0.2) is 30.4 Å². The second kappa shape index (κ2) is 12.9. The van der Waals surface area contributed by atoms with Gasteiger partial charge in [0, 0.05) is 36.0 Å². The Kier molecular flexibility index (Phi) is 15.5. The topological polar surface area (TPSA) is 97.7 Å². The Bertz CT molecular complexity index is 447. The van der Waals surface area contributed by atoms with Crippen LogP contribution in [0.25, 0.3) is 0 Å². The number of carboxylic acids is 2. The quantitative estimate of drug-likeness (QED) is 0.580. The number of rotatable bonds is 1. The summed E-state index contributed by atoms with van der Waals surface area (Å²) in [6, 6.07) is 4.51. The number of phenolic OH excluding ortho intramolecular Hbond substituents is 1. The summed E-state index contributed by atoms with van der Waals surface area (Å²) in [5.41, 5.74) is 0.176. The molecule has 0 spiro atoms. The van der Waals surface area contributed by atoms with Gasteiger partial charge in [-0.15, -0.1) is 0 Å². The molecule has 0 bridgehead atoms. The van der Waals surface area contributed by atoms with Crippen LogP contribution in [-0.2, 0) is 29.1 Å². The predicted molar refractivity (Wildman–Crippen MR) is 71.3 cm³/mol. The van der Waals surface area contributed by atoms with Gasteiger partial charge in [-0.3, -0.25) is 0 Å². The maximum atomic E-state index is 9.60. The number of phenols is 1. The van der Waals surface area contributed by atoms with E-state index in [1.54, 1.807) is 6.07 Å². The van der Waals surface area contributed by atoms with Crippen LogP contribution in [0.5, 0.6) is 5.75 Å². The predicted octanol–water partition coefficient (Wildman–Crippen LogP) is 2.10. The van der Waals surface area contributed by atoms with Crippen LogP contribution in [0.2, 0.25) is 10.0 Å². The van der Waals surface area contributed by atoms with E-state index in [-0.39, 0.29) is 35.8 Å². The van der Waals surface area contributed by atoms with E-state index in [4.69, 9.17) is 43.3 Å². The first-order valence-corrected chi connectivity index (χ1v) is 5.54. The standard InChI is InChI=1S/C6H4Cl2O.C4H6O2.C2H4O2.Zn/c7-4-1-2-6(9)5(8)3-4;1-3(2)4(5)6;1-2(3)4;/h1-3,9H;1H2,2H3,(H,5,6);1H3,(H,3,4);/p-1. The molecule has 1 aromatic rings. The molecule has 0 amide bonds. The molecule has 0 fully saturated rings. The molecule has 0 aromatic heterocycles. The summed E-state index contributed by atoms with van der Waals surface area (Å²) in [7, 11) is 0. The third-order valence-corrected chi connectivity index (χ3v) is 1.81. The van der Waals surface area contributed by atoms with Gasteiger partial charge in [0.25, 0.3) is 0 Å². The Morgan fingerprint density at radius 1 is 1.25 bits per heavy atom. The van der Waals surface area contributed by atoms with Gasteiger partial charge in [-0.05, 0) is 32.0 Å². The van der Waals surface area contributed by atoms with Gasteiger partial charge in [-0.25, -0.2) is 4.79 Å². The fraction of sp³-hybridized carbons (Fsp3) is 0.167. The van der Waals surface area contributed by atoms with E-state index in [1.807, 2.05) is 0 Å². The molecule has 0 heterocycles. The summed E-state index contributed by atoms with van der Waals surface area (Å²) in [4.78, 5) is 18.5. The molecule has 0 unspecified atom stereocenters. The number of hydrogen-bond acceptors (Lipinski definition) is 4. The minimum Gasteiger partial charge on any atom is -0.550 e. The molecule has 1 rings (SSSR count). The Morgan fingerprint density at radius 3 is 1.80 bits per heavy atom. The van der Waals surface area contributed by atoms with Gasteiger partial charge in [0.05, 0.1) is 5.02 Å². The summed E-state index contributed by atoms with van der Waals surface area (Å²) in [6.45, 7) is 5.57. The zero-order valence-corrected chi connectivity index (χ0v) is 15.5. The van der Waals surface area contributed by atoms with Crippen molar-refractivity contribution in [1.29, 1.82) is 0 Å². The van der Waals surface area contributed by atoms with E-state index < -0.39 is 11.9 Å². The Morgan fingerprint density at radius 2 is 1.60 bits per heavy atom. The van der Waals surface area contributed by atoms with Crippen LogP contribution in [-0.4, -0.2) is 22.2 Å². The van der Waals surface area contributed by atoms with Crippen molar-refractivity contribution in [2.45, 2.75) is 13.8 Å². The molecule has 0 atom stereocenters. The van der Waals surface area contributed by atoms with Crippen molar-refractivity contribution >= 4 is 35.1 Å². The summed E-state index contributed by atoms with van der Waals surface area (Å²) in [6.07, 6.45) is 0. The van der Waals surface area contributed by atoms with E-state index in [0.29, 0.717) is 5.02 Å². The minimum atomic E-state index is -1.08. The van der Waals surface area contributed by atoms with E-state index in [0.717, 1.165) is 6.92 Å². The molecule has 20 heavy (non-hydrogen) atoms. The van der Waals surface area contributed by atoms with Crippen molar-refractivity contribution in [3.8, 4) is 5.75 Å². The van der Waals surface area contributed by atoms with Crippen molar-refractivity contribution < 1.29 is 44.4 Å². The van der Waals surface area contributed by atoms with Gasteiger partial charge in [-0.1, -0.05) is 29.8 Å². The number of benzene rings is 1. The zero-order valence-electron chi connectivity index (χ0n) is 11.0. The van der Waals surface area contributed by atoms with Gasteiger partial charge >= 0.3 is 5.97 Å². The van der Waals surface area contributed by atoms with Crippen LogP contribution in [0, 0.1) is 0 Å². The second-order valence-corrected chi connectivity index (χ2v) is 4.02. The smallest absolute Gasteiger partial charge is 0.330 e. The molecule has 2 N–H and O–H groups in total. The first-order valence-electron chi connectivity index (χ1n) is 4.78. The molecule has 8 heteroatoms. The Labute approximate surface area is 139 Å². The summed E-state index contributed by atoms with van der Waals surface area (Å²) in [5.74, 6) is -1.96. The second-order valence-electron chi connectivity index (χ2n) is 3.17. The molecule has 0 aliphatic heterocycles. The number of halogens is 2.